The highest BCUT2D eigenvalue weighted by molar-refractivity contribution is 6.39. The van der Waals surface area contributed by atoms with Gasteiger partial charge in [-0.25, -0.2) is 9.97 Å². The van der Waals surface area contributed by atoms with Crippen LogP contribution in [0.4, 0.5) is 5.82 Å². The molecule has 0 aliphatic carbocycles. The fourth-order valence-corrected chi connectivity index (χ4v) is 3.63. The van der Waals surface area contributed by atoms with Gasteiger partial charge in [0.2, 0.25) is 5.88 Å². The number of rotatable bonds is 5. The molecule has 1 aromatic heterocycles. The number of nitrogens with zero attached hydrogens (tertiary/aromatic N) is 4. The maximum atomic E-state index is 12.3. The average molecular weight is 361 g/mol. The van der Waals surface area contributed by atoms with Gasteiger partial charge in [0.1, 0.15) is 17.9 Å². The van der Waals surface area contributed by atoms with Gasteiger partial charge in [0.15, 0.2) is 5.60 Å². The van der Waals surface area contributed by atoms with E-state index in [4.69, 9.17) is 14.3 Å². The van der Waals surface area contributed by atoms with Gasteiger partial charge in [-0.05, 0) is 12.8 Å². The summed E-state index contributed by atoms with van der Waals surface area (Å²) in [6.07, 6.45) is 4.93. The minimum atomic E-state index is -0.464. The van der Waals surface area contributed by atoms with E-state index in [2.05, 4.69) is 25.3 Å². The van der Waals surface area contributed by atoms with E-state index < -0.39 is 5.60 Å². The first-order valence-corrected chi connectivity index (χ1v) is 8.93. The molecule has 140 valence electrons. The Kier molecular flexibility index (Phi) is 4.62. The standard InChI is InChI=1S/C17H23N5O4/c1-24-15-7-14(19-11-20-15)22-5-4-17(10-22)8-13(21-26-17)16(23)18-9-12-3-2-6-25-12/h7,11-12H,2-6,8-10H2,1H3,(H,18,23). The number of hydrogen-bond donors (Lipinski definition) is 1. The molecule has 1 amide bonds. The summed E-state index contributed by atoms with van der Waals surface area (Å²) in [6.45, 7) is 2.70. The van der Waals surface area contributed by atoms with Crippen LogP contribution in [0.5, 0.6) is 5.88 Å². The van der Waals surface area contributed by atoms with Crippen molar-refractivity contribution < 1.29 is 19.1 Å². The molecule has 4 heterocycles. The Morgan fingerprint density at radius 1 is 1.50 bits per heavy atom. The third-order valence-electron chi connectivity index (χ3n) is 5.09. The molecule has 9 nitrogen and oxygen atoms in total. The number of nitrogens with one attached hydrogen (secondary N) is 1. The molecule has 2 atom stereocenters. The van der Waals surface area contributed by atoms with Gasteiger partial charge in [0, 0.05) is 38.6 Å². The number of hydrogen-bond acceptors (Lipinski definition) is 8. The number of carbonyl (C=O) groups is 1. The molecule has 2 saturated heterocycles. The van der Waals surface area contributed by atoms with Crippen molar-refractivity contribution in [3.05, 3.63) is 12.4 Å². The highest BCUT2D eigenvalue weighted by Gasteiger charge is 2.47. The van der Waals surface area contributed by atoms with Gasteiger partial charge in [-0.3, -0.25) is 4.79 Å². The van der Waals surface area contributed by atoms with Gasteiger partial charge in [-0.2, -0.15) is 0 Å². The van der Waals surface area contributed by atoms with E-state index in [1.165, 1.54) is 6.33 Å². The van der Waals surface area contributed by atoms with Crippen molar-refractivity contribution in [2.75, 3.05) is 38.3 Å². The van der Waals surface area contributed by atoms with Crippen molar-refractivity contribution in [3.63, 3.8) is 0 Å². The number of carbonyl (C=O) groups excluding carboxylic acids is 1. The van der Waals surface area contributed by atoms with Crippen LogP contribution in [-0.4, -0.2) is 66.6 Å². The molecular weight excluding hydrogens is 338 g/mol. The van der Waals surface area contributed by atoms with Crippen molar-refractivity contribution in [1.29, 1.82) is 0 Å². The molecule has 3 aliphatic heterocycles. The van der Waals surface area contributed by atoms with E-state index in [-0.39, 0.29) is 12.0 Å². The van der Waals surface area contributed by atoms with Crippen molar-refractivity contribution >= 4 is 17.4 Å². The van der Waals surface area contributed by atoms with E-state index in [1.54, 1.807) is 13.2 Å². The topological polar surface area (TPSA) is 98.2 Å². The predicted octanol–water partition coefficient (Wildman–Crippen LogP) is 0.506. The maximum absolute atomic E-state index is 12.3. The fraction of sp³-hybridized carbons (Fsp3) is 0.647. The molecule has 1 aromatic rings. The minimum absolute atomic E-state index is 0.116. The van der Waals surface area contributed by atoms with E-state index in [9.17, 15) is 4.79 Å². The lowest BCUT2D eigenvalue weighted by Crippen LogP contribution is -2.39. The molecule has 4 rings (SSSR count). The zero-order valence-electron chi connectivity index (χ0n) is 14.8. The summed E-state index contributed by atoms with van der Waals surface area (Å²) in [5.41, 5.74) is -0.0144. The Balaban J connectivity index is 1.33. The Morgan fingerprint density at radius 2 is 2.42 bits per heavy atom. The van der Waals surface area contributed by atoms with Crippen LogP contribution in [0, 0.1) is 0 Å². The Hall–Kier alpha value is -2.42. The lowest BCUT2D eigenvalue weighted by Gasteiger charge is -2.22. The van der Waals surface area contributed by atoms with Gasteiger partial charge < -0.3 is 24.5 Å². The summed E-state index contributed by atoms with van der Waals surface area (Å²) < 4.78 is 10.7. The summed E-state index contributed by atoms with van der Waals surface area (Å²) in [6, 6.07) is 1.80. The van der Waals surface area contributed by atoms with Crippen LogP contribution in [0.1, 0.15) is 25.7 Å². The van der Waals surface area contributed by atoms with Crippen LogP contribution < -0.4 is 15.0 Å². The highest BCUT2D eigenvalue weighted by atomic mass is 16.7. The molecule has 1 spiro atoms. The second-order valence-corrected chi connectivity index (χ2v) is 6.92. The number of methoxy groups -OCH3 is 1. The van der Waals surface area contributed by atoms with Crippen LogP contribution in [0.25, 0.3) is 0 Å². The lowest BCUT2D eigenvalue weighted by molar-refractivity contribution is -0.115. The molecule has 1 N–H and O–H groups in total. The Morgan fingerprint density at radius 3 is 3.23 bits per heavy atom. The van der Waals surface area contributed by atoms with E-state index in [0.717, 1.165) is 38.2 Å². The van der Waals surface area contributed by atoms with Gasteiger partial charge in [-0.15, -0.1) is 0 Å². The first-order chi connectivity index (χ1) is 12.7. The zero-order chi connectivity index (χ0) is 18.0. The van der Waals surface area contributed by atoms with Crippen molar-refractivity contribution in [3.8, 4) is 5.88 Å². The molecular formula is C17H23N5O4. The molecule has 0 aromatic carbocycles. The average Bonchev–Trinajstić information content (AvgIpc) is 3.42. The molecule has 0 radical (unpaired) electrons. The Labute approximate surface area is 151 Å². The van der Waals surface area contributed by atoms with Crippen LogP contribution in [0.2, 0.25) is 0 Å². The smallest absolute Gasteiger partial charge is 0.269 e. The number of aromatic nitrogens is 2. The molecule has 26 heavy (non-hydrogen) atoms. The third-order valence-corrected chi connectivity index (χ3v) is 5.09. The van der Waals surface area contributed by atoms with E-state index in [1.807, 2.05) is 0 Å². The van der Waals surface area contributed by atoms with Gasteiger partial charge >= 0.3 is 0 Å². The molecule has 9 heteroatoms. The zero-order valence-corrected chi connectivity index (χ0v) is 14.8. The van der Waals surface area contributed by atoms with Gasteiger partial charge in [0.05, 0.1) is 19.8 Å². The Bertz CT molecular complexity index is 706. The van der Waals surface area contributed by atoms with E-state index in [0.29, 0.717) is 31.1 Å². The van der Waals surface area contributed by atoms with Crippen LogP contribution in [-0.2, 0) is 14.4 Å². The number of oxime groups is 1. The van der Waals surface area contributed by atoms with Crippen LogP contribution in [0.3, 0.4) is 0 Å². The van der Waals surface area contributed by atoms with Crippen LogP contribution in [0.15, 0.2) is 17.5 Å². The monoisotopic (exact) mass is 361 g/mol. The normalized spacial score (nSPS) is 27.5. The van der Waals surface area contributed by atoms with E-state index >= 15 is 0 Å². The largest absolute Gasteiger partial charge is 0.481 e. The summed E-state index contributed by atoms with van der Waals surface area (Å²) in [4.78, 5) is 28.5. The van der Waals surface area contributed by atoms with Crippen molar-refractivity contribution in [2.45, 2.75) is 37.4 Å². The first-order valence-electron chi connectivity index (χ1n) is 8.93. The van der Waals surface area contributed by atoms with Crippen molar-refractivity contribution in [2.24, 2.45) is 5.16 Å². The fourth-order valence-electron chi connectivity index (χ4n) is 3.63. The first kappa shape index (κ1) is 17.0. The molecule has 0 bridgehead atoms. The minimum Gasteiger partial charge on any atom is -0.481 e. The summed E-state index contributed by atoms with van der Waals surface area (Å²) in [5.74, 6) is 1.14. The molecule has 2 fully saturated rings. The number of anilines is 1. The quantitative estimate of drug-likeness (QED) is 0.816. The predicted molar refractivity (Wildman–Crippen MR) is 93.3 cm³/mol. The molecule has 0 saturated carbocycles. The van der Waals surface area contributed by atoms with Crippen molar-refractivity contribution in [1.82, 2.24) is 15.3 Å². The molecule has 2 unspecified atom stereocenters. The lowest BCUT2D eigenvalue weighted by atomic mass is 9.96. The summed E-state index contributed by atoms with van der Waals surface area (Å²) in [7, 11) is 1.58. The summed E-state index contributed by atoms with van der Waals surface area (Å²) >= 11 is 0. The second-order valence-electron chi connectivity index (χ2n) is 6.92. The summed E-state index contributed by atoms with van der Waals surface area (Å²) in [5, 5.41) is 6.96. The number of ether oxygens (including phenoxy) is 2. The van der Waals surface area contributed by atoms with Crippen LogP contribution >= 0.6 is 0 Å². The second kappa shape index (κ2) is 7.06. The SMILES string of the molecule is COc1cc(N2CCC3(CC(C(=O)NCC4CCCO4)=NO3)C2)ncn1. The highest BCUT2D eigenvalue weighted by Crippen LogP contribution is 2.35. The third kappa shape index (κ3) is 3.44. The van der Waals surface area contributed by atoms with Gasteiger partial charge in [-0.1, -0.05) is 5.16 Å². The molecule has 3 aliphatic rings. The maximum Gasteiger partial charge on any atom is 0.269 e. The van der Waals surface area contributed by atoms with Gasteiger partial charge in [0.25, 0.3) is 5.91 Å². The number of amides is 1.